The number of thiocarbonyl (C=S) groups is 4. The van der Waals surface area contributed by atoms with Gasteiger partial charge in [-0.2, -0.15) is 5.11 Å². The Morgan fingerprint density at radius 3 is 1.24 bits per heavy atom. The number of carboxylic acid groups (broad SMARTS) is 3. The van der Waals surface area contributed by atoms with Gasteiger partial charge in [0, 0.05) is 23.4 Å². The Bertz CT molecular complexity index is 5940. The van der Waals surface area contributed by atoms with E-state index in [-0.39, 0.29) is 40.3 Å². The second-order valence-corrected chi connectivity index (χ2v) is 35.1. The Labute approximate surface area is 752 Å². The van der Waals surface area contributed by atoms with E-state index in [9.17, 15) is 33.6 Å². The third-order valence-corrected chi connectivity index (χ3v) is 25.1. The molecule has 5 aliphatic heterocycles. The molecule has 0 aliphatic carbocycles. The predicted octanol–water partition coefficient (Wildman–Crippen LogP) is 21.6. The summed E-state index contributed by atoms with van der Waals surface area (Å²) < 4.78 is 8.12. The lowest BCUT2D eigenvalue weighted by atomic mass is 10.0. The minimum Gasteiger partial charge on any atom is -0.478 e. The average molecular weight is 1780 g/mol. The summed E-state index contributed by atoms with van der Waals surface area (Å²) in [6.07, 6.45) is 8.74. The zero-order valence-electron chi connectivity index (χ0n) is 66.2. The molecule has 3 N–H and O–H groups in total. The number of aromatic carboxylic acids is 3. The summed E-state index contributed by atoms with van der Waals surface area (Å²) >= 11 is 26.9. The lowest BCUT2D eigenvalue weighted by Gasteiger charge is -2.14. The molecule has 0 saturated carbocycles. The number of amides is 4. The summed E-state index contributed by atoms with van der Waals surface area (Å²) in [6, 6.07) is 82.5. The Morgan fingerprint density at radius 2 is 0.790 bits per heavy atom. The van der Waals surface area contributed by atoms with E-state index in [0.717, 1.165) is 89.4 Å². The molecule has 3 aromatic heterocycles. The lowest BCUT2D eigenvalue weighted by Crippen LogP contribution is -2.27. The van der Waals surface area contributed by atoms with Crippen molar-refractivity contribution in [2.75, 3.05) is 6.54 Å². The van der Waals surface area contributed by atoms with Crippen LogP contribution in [0.5, 0.6) is 0 Å². The van der Waals surface area contributed by atoms with Crippen LogP contribution < -0.4 is 0 Å². The average Bonchev–Trinajstić information content (AvgIpc) is 1.66. The largest absolute Gasteiger partial charge is 0.478 e. The monoisotopic (exact) mass is 1780 g/mol. The van der Waals surface area contributed by atoms with Crippen LogP contribution in [0, 0.1) is 20.8 Å². The first kappa shape index (κ1) is 87.2. The van der Waals surface area contributed by atoms with Gasteiger partial charge in [-0.25, -0.2) is 19.4 Å². The molecular formula is C96H71N9O11S8. The molecule has 5 aliphatic rings. The third-order valence-electron chi connectivity index (χ3n) is 19.6. The summed E-state index contributed by atoms with van der Waals surface area (Å²) in [6.45, 7) is 8.37. The molecule has 4 fully saturated rings. The molecule has 12 aromatic rings. The summed E-state index contributed by atoms with van der Waals surface area (Å²) in [7, 11) is 0. The number of thioether (sulfide) groups is 4. The van der Waals surface area contributed by atoms with Crippen molar-refractivity contribution in [3.8, 4) is 44.8 Å². The highest BCUT2D eigenvalue weighted by molar-refractivity contribution is 8.28. The molecule has 0 unspecified atom stereocenters. The van der Waals surface area contributed by atoms with Gasteiger partial charge in [-0.15, -0.1) is 5.10 Å². The summed E-state index contributed by atoms with van der Waals surface area (Å²) in [5.74, 6) is -2.01. The number of carboxylic acids is 3. The van der Waals surface area contributed by atoms with Crippen LogP contribution in [0.15, 0.2) is 313 Å². The number of carbonyl (C=O) groups excluding carboxylic acids is 4. The standard InChI is InChI=1S/C25H19NO3S2.2C24H18N2O3S2.C23H16N4O2S2/c1-16-5-7-17(8-6-16)15-26-23(27)22(31-25(26)30)14-18-3-2-4-21(13-18)19-9-11-20(12-10-19)24(28)29;1-15-2-4-16(5-3-15)14-26-22(27)21(31-24(26)30)13-20-12-19(10-11-25-20)17-6-8-18(9-7-17)23(28)29;1-15-5-7-16(8-6-15)14-26-22(27)21(31-24(26)30)13-19-3-2-4-20(25-19)17-9-11-18(12-10-17)23(28)29;28-22-21(31-23(30)27(22)14-15-4-2-1-3-5-15)12-18-10-11-20(29-18)17-8-6-16(7-9-17)19-13-24-26-25-19/h2-14H,15H2,1H3,(H,28,29);2*2-13H,14H2,1H3,(H,28,29);1-12H,13-14H2/b22-14-;2*21-13-;21-12-. The smallest absolute Gasteiger partial charge is 0.335 e. The second kappa shape index (κ2) is 40.2. The molecule has 8 heterocycles. The number of benzene rings is 9. The first-order valence-corrected chi connectivity index (χ1v) is 43.2. The van der Waals surface area contributed by atoms with Gasteiger partial charge in [0.2, 0.25) is 0 Å². The Morgan fingerprint density at radius 1 is 0.387 bits per heavy atom. The number of rotatable bonds is 20. The van der Waals surface area contributed by atoms with E-state index in [4.69, 9.17) is 68.6 Å². The van der Waals surface area contributed by atoms with Gasteiger partial charge in [-0.3, -0.25) is 43.8 Å². The van der Waals surface area contributed by atoms with E-state index < -0.39 is 17.9 Å². The van der Waals surface area contributed by atoms with Crippen molar-refractivity contribution in [3.63, 3.8) is 0 Å². The molecule has 20 nitrogen and oxygen atoms in total. The van der Waals surface area contributed by atoms with Crippen molar-refractivity contribution in [3.05, 3.63) is 377 Å². The van der Waals surface area contributed by atoms with E-state index >= 15 is 0 Å². The van der Waals surface area contributed by atoms with Crippen molar-refractivity contribution in [1.82, 2.24) is 29.6 Å². The maximum Gasteiger partial charge on any atom is 0.335 e. The summed E-state index contributed by atoms with van der Waals surface area (Å²) in [4.78, 5) is 102. The van der Waals surface area contributed by atoms with Crippen molar-refractivity contribution >= 4 is 185 Å². The number of hydrogen-bond donors (Lipinski definition) is 3. The molecule has 9 aromatic carbocycles. The van der Waals surface area contributed by atoms with Crippen LogP contribution in [-0.4, -0.2) is 116 Å². The van der Waals surface area contributed by atoms with Gasteiger partial charge in [0.15, 0.2) is 0 Å². The van der Waals surface area contributed by atoms with Gasteiger partial charge in [0.1, 0.15) is 35.3 Å². The van der Waals surface area contributed by atoms with Crippen molar-refractivity contribution in [2.45, 2.75) is 47.0 Å². The van der Waals surface area contributed by atoms with Crippen LogP contribution >= 0.6 is 95.9 Å². The van der Waals surface area contributed by atoms with Gasteiger partial charge < -0.3 is 19.7 Å². The fourth-order valence-corrected chi connectivity index (χ4v) is 17.8. The minimum atomic E-state index is -0.971. The van der Waals surface area contributed by atoms with Gasteiger partial charge in [0.05, 0.1) is 85.3 Å². The van der Waals surface area contributed by atoms with E-state index in [2.05, 4.69) is 25.4 Å². The van der Waals surface area contributed by atoms with Crippen LogP contribution in [0.3, 0.4) is 0 Å². The van der Waals surface area contributed by atoms with Crippen LogP contribution in [-0.2, 0) is 45.4 Å². The van der Waals surface area contributed by atoms with E-state index in [1.165, 1.54) is 52.6 Å². The van der Waals surface area contributed by atoms with Gasteiger partial charge >= 0.3 is 17.9 Å². The zero-order chi connectivity index (χ0) is 87.1. The molecule has 0 radical (unpaired) electrons. The van der Waals surface area contributed by atoms with E-state index in [1.54, 1.807) is 117 Å². The second-order valence-electron chi connectivity index (χ2n) is 28.4. The van der Waals surface area contributed by atoms with Gasteiger partial charge in [0.25, 0.3) is 23.6 Å². The molecule has 0 spiro atoms. The molecule has 0 bridgehead atoms. The quantitative estimate of drug-likeness (QED) is 0.0472. The number of carbonyl (C=O) groups is 7. The molecule has 28 heteroatoms. The molecule has 124 heavy (non-hydrogen) atoms. The summed E-state index contributed by atoms with van der Waals surface area (Å²) in [5, 5.41) is 38.7. The van der Waals surface area contributed by atoms with Crippen molar-refractivity contribution in [1.29, 1.82) is 0 Å². The van der Waals surface area contributed by atoms with E-state index in [0.29, 0.717) is 92.5 Å². The molecular weight excluding hydrogens is 1710 g/mol. The first-order valence-electron chi connectivity index (χ1n) is 38.3. The maximum atomic E-state index is 12.9. The molecule has 17 rings (SSSR count). The minimum absolute atomic E-state index is 0.0909. The molecule has 0 atom stereocenters. The summed E-state index contributed by atoms with van der Waals surface area (Å²) in [5.41, 5.74) is 18.3. The van der Waals surface area contributed by atoms with E-state index in [1.807, 2.05) is 221 Å². The molecule has 4 amide bonds. The van der Waals surface area contributed by atoms with Crippen molar-refractivity contribution in [2.24, 2.45) is 15.4 Å². The van der Waals surface area contributed by atoms with Gasteiger partial charge in [-0.05, 0) is 179 Å². The highest BCUT2D eigenvalue weighted by atomic mass is 32.2. The highest BCUT2D eigenvalue weighted by Gasteiger charge is 2.36. The van der Waals surface area contributed by atoms with Crippen LogP contribution in [0.2, 0.25) is 0 Å². The number of pyridine rings is 2. The fourth-order valence-electron chi connectivity index (χ4n) is 12.9. The van der Waals surface area contributed by atoms with Crippen molar-refractivity contribution < 1.29 is 53.3 Å². The number of hydrogen-bond acceptors (Lipinski definition) is 21. The van der Waals surface area contributed by atoms with Crippen LogP contribution in [0.25, 0.3) is 69.1 Å². The normalized spacial score (nSPS) is 15.5. The zero-order valence-corrected chi connectivity index (χ0v) is 72.8. The topological polar surface area (TPSA) is 269 Å². The SMILES string of the molecule is Cc1ccc(CN2C(=O)/C(=C/c3cc(-c4ccc(C(=O)O)cc4)ccn3)SC2=S)cc1.Cc1ccc(CN2C(=O)/C(=C/c3cccc(-c4ccc(C(=O)O)cc4)c3)SC2=S)cc1.Cc1ccc(CN2C(=O)/C(=C/c3cccc(-c4ccc(C(=O)O)cc4)n3)SC2=S)cc1.O=C1/C(=C/c2ccc(-c3ccc(C4=NN=NC4)cc3)o2)SC(=S)N1Cc1ccccc1. The number of nitrogens with zero attached hydrogens (tertiary/aromatic N) is 9. The molecule has 614 valence electrons. The number of furan rings is 1. The Kier molecular flexibility index (Phi) is 28.3. The fraction of sp³-hybridized carbons (Fsp3) is 0.0833. The maximum absolute atomic E-state index is 12.9. The Balaban J connectivity index is 0.000000135. The first-order chi connectivity index (χ1) is 59.9. The predicted molar refractivity (Wildman–Crippen MR) is 507 cm³/mol. The lowest BCUT2D eigenvalue weighted by molar-refractivity contribution is -0.123. The third kappa shape index (κ3) is 22.2. The van der Waals surface area contributed by atoms with Gasteiger partial charge in [-0.1, -0.05) is 301 Å². The number of aromatic nitrogens is 2. The highest BCUT2D eigenvalue weighted by Crippen LogP contribution is 2.39. The molecule has 4 saturated heterocycles. The van der Waals surface area contributed by atoms with Crippen LogP contribution in [0.4, 0.5) is 0 Å². The Hall–Kier alpha value is -13.2. The number of aryl methyl sites for hydroxylation is 3. The van der Waals surface area contributed by atoms with Crippen LogP contribution in [0.1, 0.15) is 98.3 Å².